The largest absolute Gasteiger partial charge is 0.460 e. The van der Waals surface area contributed by atoms with Gasteiger partial charge in [0.05, 0.1) is 0 Å². The molecule has 1 saturated heterocycles. The molecular formula is C29H48O3. The first-order valence-electron chi connectivity index (χ1n) is 14.0. The molecule has 0 N–H and O–H groups in total. The molecule has 1 aliphatic heterocycles. The van der Waals surface area contributed by atoms with Crippen molar-refractivity contribution < 1.29 is 14.3 Å². The Morgan fingerprint density at radius 1 is 0.969 bits per heavy atom. The molecule has 5 rings (SSSR count). The molecule has 5 aliphatic rings. The molecule has 10 atom stereocenters. The predicted molar refractivity (Wildman–Crippen MR) is 128 cm³/mol. The fraction of sp³-hybridized carbons (Fsp3) is 0.966. The second kappa shape index (κ2) is 7.99. The van der Waals surface area contributed by atoms with Crippen LogP contribution in [0.4, 0.5) is 0 Å². The molecule has 0 aromatic rings. The Bertz CT molecular complexity index is 732. The summed E-state index contributed by atoms with van der Waals surface area (Å²) in [6, 6.07) is 0. The van der Waals surface area contributed by atoms with Crippen LogP contribution in [0.5, 0.6) is 0 Å². The summed E-state index contributed by atoms with van der Waals surface area (Å²) < 4.78 is 12.2. The smallest absolute Gasteiger partial charge is 0.302 e. The molecule has 0 aromatic carbocycles. The van der Waals surface area contributed by atoms with Gasteiger partial charge in [-0.25, -0.2) is 0 Å². The normalized spacial score (nSPS) is 50.1. The Hall–Kier alpha value is -0.570. The van der Waals surface area contributed by atoms with Crippen LogP contribution in [-0.2, 0) is 14.3 Å². The zero-order valence-electron chi connectivity index (χ0n) is 21.6. The lowest BCUT2D eigenvalue weighted by Gasteiger charge is -2.60. The fourth-order valence-electron chi connectivity index (χ4n) is 10.0. The first kappa shape index (κ1) is 23.2. The number of fused-ring (bicyclic) bond motifs is 4. The van der Waals surface area contributed by atoms with Gasteiger partial charge in [0, 0.05) is 12.3 Å². The predicted octanol–water partition coefficient (Wildman–Crippen LogP) is 7.17. The molecule has 4 saturated carbocycles. The van der Waals surface area contributed by atoms with E-state index in [1.54, 1.807) is 6.92 Å². The zero-order chi connectivity index (χ0) is 22.9. The van der Waals surface area contributed by atoms with Crippen molar-refractivity contribution in [2.24, 2.45) is 46.3 Å². The number of carbonyl (C=O) groups is 1. The molecule has 3 heteroatoms. The Kier molecular flexibility index (Phi) is 5.79. The van der Waals surface area contributed by atoms with Crippen molar-refractivity contribution in [3.63, 3.8) is 0 Å². The maximum Gasteiger partial charge on any atom is 0.302 e. The van der Waals surface area contributed by atoms with Crippen LogP contribution in [0.15, 0.2) is 0 Å². The highest BCUT2D eigenvalue weighted by Crippen LogP contribution is 2.73. The second-order valence-electron chi connectivity index (χ2n) is 13.5. The Balaban J connectivity index is 1.30. The van der Waals surface area contributed by atoms with Crippen molar-refractivity contribution in [2.75, 3.05) is 0 Å². The number of ether oxygens (including phenoxy) is 2. The summed E-state index contributed by atoms with van der Waals surface area (Å²) in [7, 11) is 0. The van der Waals surface area contributed by atoms with Crippen molar-refractivity contribution >= 4 is 5.97 Å². The van der Waals surface area contributed by atoms with Gasteiger partial charge >= 0.3 is 5.97 Å². The summed E-state index contributed by atoms with van der Waals surface area (Å²) in [5.41, 5.74) is 0.833. The molecule has 1 spiro atoms. The van der Waals surface area contributed by atoms with Crippen LogP contribution in [0.1, 0.15) is 112 Å². The molecule has 0 aromatic heterocycles. The Morgan fingerprint density at radius 2 is 1.75 bits per heavy atom. The molecular weight excluding hydrogens is 396 g/mol. The van der Waals surface area contributed by atoms with E-state index in [1.165, 1.54) is 64.2 Å². The third-order valence-electron chi connectivity index (χ3n) is 11.6. The van der Waals surface area contributed by atoms with Gasteiger partial charge in [0.1, 0.15) is 17.8 Å². The van der Waals surface area contributed by atoms with E-state index < -0.39 is 0 Å². The van der Waals surface area contributed by atoms with Crippen molar-refractivity contribution in [2.45, 2.75) is 130 Å². The summed E-state index contributed by atoms with van der Waals surface area (Å²) in [5.74, 6) is 5.08. The van der Waals surface area contributed by atoms with Gasteiger partial charge in [0.15, 0.2) is 0 Å². The Labute approximate surface area is 196 Å². The third kappa shape index (κ3) is 3.34. The summed E-state index contributed by atoms with van der Waals surface area (Å²) in [6.07, 6.45) is 14.8. The Morgan fingerprint density at radius 3 is 2.47 bits per heavy atom. The van der Waals surface area contributed by atoms with Gasteiger partial charge in [0.2, 0.25) is 0 Å². The molecule has 182 valence electrons. The van der Waals surface area contributed by atoms with Gasteiger partial charge in [0.25, 0.3) is 0 Å². The maximum absolute atomic E-state index is 11.6. The molecule has 5 fully saturated rings. The van der Waals surface area contributed by atoms with E-state index in [9.17, 15) is 4.79 Å². The first-order chi connectivity index (χ1) is 15.1. The quantitative estimate of drug-likeness (QED) is 0.322. The number of hydrogen-bond donors (Lipinski definition) is 0. The molecule has 0 unspecified atom stereocenters. The number of epoxide rings is 1. The van der Waals surface area contributed by atoms with Crippen LogP contribution in [0, 0.1) is 46.3 Å². The lowest BCUT2D eigenvalue weighted by atomic mass is 9.44. The third-order valence-corrected chi connectivity index (χ3v) is 11.6. The molecule has 4 aliphatic carbocycles. The van der Waals surface area contributed by atoms with Crippen molar-refractivity contribution in [1.82, 2.24) is 0 Å². The average Bonchev–Trinajstić information content (AvgIpc) is 3.36. The van der Waals surface area contributed by atoms with Crippen molar-refractivity contribution in [3.05, 3.63) is 0 Å². The standard InChI is InChI=1S/C29H48O3/c1-18(2)8-7-9-19(3)22-10-11-23-21-12-17-29-26(32-29)25(31-20(4)30)14-16-28(29,6)24(21)13-15-27(22,23)5/h18-19,21-26H,7-17H2,1-6H3/t19-,21+,22+,23-,24-,25-,26-,27-,28-,29-/m1/s1. The van der Waals surface area contributed by atoms with E-state index in [0.717, 1.165) is 41.9 Å². The highest BCUT2D eigenvalue weighted by molar-refractivity contribution is 5.66. The van der Waals surface area contributed by atoms with E-state index in [1.807, 2.05) is 0 Å². The monoisotopic (exact) mass is 444 g/mol. The lowest BCUT2D eigenvalue weighted by molar-refractivity contribution is -0.152. The number of hydrogen-bond acceptors (Lipinski definition) is 3. The van der Waals surface area contributed by atoms with Gasteiger partial charge in [-0.1, -0.05) is 53.9 Å². The summed E-state index contributed by atoms with van der Waals surface area (Å²) in [6.45, 7) is 14.1. The molecule has 0 bridgehead atoms. The topological polar surface area (TPSA) is 38.8 Å². The summed E-state index contributed by atoms with van der Waals surface area (Å²) in [4.78, 5) is 11.6. The van der Waals surface area contributed by atoms with Crippen LogP contribution >= 0.6 is 0 Å². The van der Waals surface area contributed by atoms with Crippen LogP contribution in [0.2, 0.25) is 0 Å². The minimum Gasteiger partial charge on any atom is -0.460 e. The maximum atomic E-state index is 11.6. The second-order valence-corrected chi connectivity index (χ2v) is 13.5. The van der Waals surface area contributed by atoms with E-state index >= 15 is 0 Å². The van der Waals surface area contributed by atoms with E-state index in [-0.39, 0.29) is 29.2 Å². The zero-order valence-corrected chi connectivity index (χ0v) is 21.6. The average molecular weight is 445 g/mol. The summed E-state index contributed by atoms with van der Waals surface area (Å²) in [5, 5.41) is 0. The SMILES string of the molecule is CC(=O)O[C@@H]1CC[C@]2(C)[C@@H]3CC[C@@]4(C)[C@H](CC[C@H]4[C@H](C)CCCC(C)C)[C@@H]3CC[C@]23O[C@H]13. The molecule has 0 amide bonds. The van der Waals surface area contributed by atoms with E-state index in [4.69, 9.17) is 9.47 Å². The van der Waals surface area contributed by atoms with Gasteiger partial charge in [-0.3, -0.25) is 4.79 Å². The minimum absolute atomic E-state index is 0.00240. The molecule has 1 heterocycles. The summed E-state index contributed by atoms with van der Waals surface area (Å²) >= 11 is 0. The number of rotatable bonds is 6. The van der Waals surface area contributed by atoms with Crippen LogP contribution in [-0.4, -0.2) is 23.8 Å². The van der Waals surface area contributed by atoms with Gasteiger partial charge in [-0.05, 0) is 92.3 Å². The fourth-order valence-corrected chi connectivity index (χ4v) is 10.0. The molecule has 3 nitrogen and oxygen atoms in total. The van der Waals surface area contributed by atoms with Gasteiger partial charge < -0.3 is 9.47 Å². The minimum atomic E-state index is -0.147. The van der Waals surface area contributed by atoms with Crippen LogP contribution < -0.4 is 0 Å². The van der Waals surface area contributed by atoms with Crippen LogP contribution in [0.25, 0.3) is 0 Å². The molecule has 0 radical (unpaired) electrons. The van der Waals surface area contributed by atoms with Gasteiger partial charge in [-0.15, -0.1) is 0 Å². The van der Waals surface area contributed by atoms with Crippen molar-refractivity contribution in [3.8, 4) is 0 Å². The van der Waals surface area contributed by atoms with E-state index in [0.29, 0.717) is 5.41 Å². The highest BCUT2D eigenvalue weighted by atomic mass is 16.6. The number of carbonyl (C=O) groups excluding carboxylic acids is 1. The van der Waals surface area contributed by atoms with Crippen LogP contribution in [0.3, 0.4) is 0 Å². The van der Waals surface area contributed by atoms with Crippen molar-refractivity contribution in [1.29, 1.82) is 0 Å². The first-order valence-corrected chi connectivity index (χ1v) is 14.0. The molecule has 32 heavy (non-hydrogen) atoms. The van der Waals surface area contributed by atoms with Gasteiger partial charge in [-0.2, -0.15) is 0 Å². The lowest BCUT2D eigenvalue weighted by Crippen LogP contribution is -2.59. The number of esters is 1. The highest BCUT2D eigenvalue weighted by Gasteiger charge is 2.76. The van der Waals surface area contributed by atoms with E-state index in [2.05, 4.69) is 34.6 Å².